The summed E-state index contributed by atoms with van der Waals surface area (Å²) in [5.41, 5.74) is 0. The Morgan fingerprint density at radius 3 is 2.57 bits per heavy atom. The largest absolute Gasteiger partial charge is 0.378 e. The molecule has 23 heavy (non-hydrogen) atoms. The van der Waals surface area contributed by atoms with Crippen molar-refractivity contribution < 1.29 is 17.9 Å². The molecule has 2 rings (SSSR count). The zero-order valence-electron chi connectivity index (χ0n) is 14.3. The molecule has 0 spiro atoms. The van der Waals surface area contributed by atoms with E-state index in [2.05, 4.69) is 12.2 Å². The van der Waals surface area contributed by atoms with Crippen molar-refractivity contribution in [3.63, 3.8) is 0 Å². The number of carbonyl (C=O) groups excluding carboxylic acids is 1. The fourth-order valence-electron chi connectivity index (χ4n) is 3.58. The van der Waals surface area contributed by atoms with Gasteiger partial charge < -0.3 is 15.0 Å². The average molecular weight is 346 g/mol. The molecule has 2 heterocycles. The lowest BCUT2D eigenvalue weighted by Gasteiger charge is -2.38. The number of amides is 1. The van der Waals surface area contributed by atoms with Crippen molar-refractivity contribution in [2.75, 3.05) is 39.0 Å². The summed E-state index contributed by atoms with van der Waals surface area (Å²) in [5.74, 6) is -0.197. The summed E-state index contributed by atoms with van der Waals surface area (Å²) in [5, 5.41) is 3.16. The number of carbonyl (C=O) groups is 1. The maximum Gasteiger partial charge on any atom is 0.244 e. The number of hydrogen-bond acceptors (Lipinski definition) is 5. The quantitative estimate of drug-likeness (QED) is 0.802. The Morgan fingerprint density at radius 2 is 1.96 bits per heavy atom. The molecular formula is C16H30N2O4S. The summed E-state index contributed by atoms with van der Waals surface area (Å²) in [6.45, 7) is 5.22. The molecule has 0 aromatic carbocycles. The van der Waals surface area contributed by atoms with Gasteiger partial charge in [-0.1, -0.05) is 6.92 Å². The van der Waals surface area contributed by atoms with E-state index in [9.17, 15) is 13.2 Å². The Kier molecular flexibility index (Phi) is 6.45. The molecule has 0 aromatic heterocycles. The van der Waals surface area contributed by atoms with Crippen molar-refractivity contribution in [2.45, 2.75) is 56.3 Å². The second-order valence-electron chi connectivity index (χ2n) is 6.73. The van der Waals surface area contributed by atoms with Crippen LogP contribution in [0.15, 0.2) is 0 Å². The van der Waals surface area contributed by atoms with Crippen molar-refractivity contribution in [3.05, 3.63) is 0 Å². The minimum Gasteiger partial charge on any atom is -0.378 e. The molecule has 7 heteroatoms. The Labute approximate surface area is 139 Å². The number of rotatable bonds is 5. The van der Waals surface area contributed by atoms with Crippen LogP contribution in [0.5, 0.6) is 0 Å². The third-order valence-electron chi connectivity index (χ3n) is 5.03. The zero-order valence-corrected chi connectivity index (χ0v) is 15.2. The van der Waals surface area contributed by atoms with E-state index in [-0.39, 0.29) is 12.0 Å². The van der Waals surface area contributed by atoms with Crippen LogP contribution in [-0.2, 0) is 19.4 Å². The van der Waals surface area contributed by atoms with E-state index in [1.165, 1.54) is 6.26 Å². The molecule has 0 radical (unpaired) electrons. The summed E-state index contributed by atoms with van der Waals surface area (Å²) < 4.78 is 29.3. The molecular weight excluding hydrogens is 316 g/mol. The number of likely N-dealkylation sites (tertiary alicyclic amines) is 1. The zero-order chi connectivity index (χ0) is 16.9. The van der Waals surface area contributed by atoms with Gasteiger partial charge in [-0.05, 0) is 51.6 Å². The lowest BCUT2D eigenvalue weighted by Crippen LogP contribution is -2.58. The standard InChI is InChI=1S/C16H30N2O4S/c1-3-13-22-14-5-4-11-18(12-6-14)15(19)16(23(2,20)21)7-9-17-10-8-16/h14,17H,3-13H2,1-2H3. The van der Waals surface area contributed by atoms with Crippen LogP contribution in [0.4, 0.5) is 0 Å². The molecule has 0 aliphatic carbocycles. The molecule has 2 aliphatic heterocycles. The number of ether oxygens (including phenoxy) is 1. The highest BCUT2D eigenvalue weighted by molar-refractivity contribution is 7.92. The highest BCUT2D eigenvalue weighted by Crippen LogP contribution is 2.31. The van der Waals surface area contributed by atoms with Crippen LogP contribution in [0.1, 0.15) is 45.4 Å². The van der Waals surface area contributed by atoms with E-state index in [1.54, 1.807) is 4.90 Å². The molecule has 2 aliphatic rings. The van der Waals surface area contributed by atoms with Crippen LogP contribution in [0.3, 0.4) is 0 Å². The van der Waals surface area contributed by atoms with Gasteiger partial charge in [0, 0.05) is 26.0 Å². The molecule has 2 fully saturated rings. The molecule has 1 atom stereocenters. The molecule has 0 aromatic rings. The minimum absolute atomic E-state index is 0.190. The fourth-order valence-corrected chi connectivity index (χ4v) is 4.97. The predicted molar refractivity (Wildman–Crippen MR) is 90.1 cm³/mol. The molecule has 2 saturated heterocycles. The number of sulfone groups is 1. The van der Waals surface area contributed by atoms with Gasteiger partial charge in [0.05, 0.1) is 6.10 Å². The van der Waals surface area contributed by atoms with Crippen molar-refractivity contribution in [1.82, 2.24) is 10.2 Å². The summed E-state index contributed by atoms with van der Waals surface area (Å²) in [6.07, 6.45) is 5.74. The van der Waals surface area contributed by atoms with E-state index in [4.69, 9.17) is 4.74 Å². The van der Waals surface area contributed by atoms with Gasteiger partial charge in [-0.3, -0.25) is 4.79 Å². The maximum atomic E-state index is 13.1. The number of nitrogens with zero attached hydrogens (tertiary/aromatic N) is 1. The monoisotopic (exact) mass is 346 g/mol. The van der Waals surface area contributed by atoms with Crippen LogP contribution in [-0.4, -0.2) is 69.1 Å². The topological polar surface area (TPSA) is 75.7 Å². The number of piperidine rings is 1. The summed E-state index contributed by atoms with van der Waals surface area (Å²) >= 11 is 0. The second kappa shape index (κ2) is 7.94. The summed E-state index contributed by atoms with van der Waals surface area (Å²) in [6, 6.07) is 0. The van der Waals surface area contributed by atoms with Gasteiger partial charge >= 0.3 is 0 Å². The number of nitrogens with one attached hydrogen (secondary N) is 1. The van der Waals surface area contributed by atoms with Crippen molar-refractivity contribution in [2.24, 2.45) is 0 Å². The van der Waals surface area contributed by atoms with Gasteiger partial charge in [0.25, 0.3) is 0 Å². The smallest absolute Gasteiger partial charge is 0.244 e. The van der Waals surface area contributed by atoms with Crippen LogP contribution in [0, 0.1) is 0 Å². The highest BCUT2D eigenvalue weighted by atomic mass is 32.2. The molecule has 1 N–H and O–H groups in total. The average Bonchev–Trinajstić information content (AvgIpc) is 2.77. The third-order valence-corrected chi connectivity index (χ3v) is 7.03. The van der Waals surface area contributed by atoms with Crippen molar-refractivity contribution in [3.8, 4) is 0 Å². The fraction of sp³-hybridized carbons (Fsp3) is 0.938. The minimum atomic E-state index is -3.44. The van der Waals surface area contributed by atoms with E-state index < -0.39 is 14.6 Å². The Morgan fingerprint density at radius 1 is 1.26 bits per heavy atom. The highest BCUT2D eigenvalue weighted by Gasteiger charge is 2.50. The van der Waals surface area contributed by atoms with E-state index in [1.807, 2.05) is 0 Å². The molecule has 6 nitrogen and oxygen atoms in total. The lowest BCUT2D eigenvalue weighted by atomic mass is 9.95. The van der Waals surface area contributed by atoms with Gasteiger partial charge in [-0.15, -0.1) is 0 Å². The molecule has 0 saturated carbocycles. The lowest BCUT2D eigenvalue weighted by molar-refractivity contribution is -0.134. The van der Waals surface area contributed by atoms with Crippen molar-refractivity contribution in [1.29, 1.82) is 0 Å². The van der Waals surface area contributed by atoms with Crippen LogP contribution < -0.4 is 5.32 Å². The van der Waals surface area contributed by atoms with Crippen molar-refractivity contribution >= 4 is 15.7 Å². The third kappa shape index (κ3) is 4.25. The first-order chi connectivity index (χ1) is 10.9. The summed E-state index contributed by atoms with van der Waals surface area (Å²) in [7, 11) is -3.44. The normalized spacial score (nSPS) is 25.8. The predicted octanol–water partition coefficient (Wildman–Crippen LogP) is 0.961. The van der Waals surface area contributed by atoms with Gasteiger partial charge in [-0.25, -0.2) is 8.42 Å². The van der Waals surface area contributed by atoms with E-state index in [0.29, 0.717) is 39.0 Å². The summed E-state index contributed by atoms with van der Waals surface area (Å²) in [4.78, 5) is 14.8. The SMILES string of the molecule is CCCOC1CCCN(C(=O)C2(S(C)(=O)=O)CCNCC2)CC1. The number of hydrogen-bond donors (Lipinski definition) is 1. The van der Waals surface area contributed by atoms with Crippen LogP contribution >= 0.6 is 0 Å². The van der Waals surface area contributed by atoms with Gasteiger partial charge in [0.2, 0.25) is 5.91 Å². The maximum absolute atomic E-state index is 13.1. The molecule has 0 bridgehead atoms. The Bertz CT molecular complexity index is 500. The first-order valence-electron chi connectivity index (χ1n) is 8.72. The van der Waals surface area contributed by atoms with Crippen LogP contribution in [0.25, 0.3) is 0 Å². The van der Waals surface area contributed by atoms with Crippen LogP contribution in [0.2, 0.25) is 0 Å². The van der Waals surface area contributed by atoms with Gasteiger partial charge in [-0.2, -0.15) is 0 Å². The Balaban J connectivity index is 2.08. The Hall–Kier alpha value is -0.660. The molecule has 134 valence electrons. The van der Waals surface area contributed by atoms with E-state index >= 15 is 0 Å². The molecule has 1 amide bonds. The molecule has 1 unspecified atom stereocenters. The second-order valence-corrected chi connectivity index (χ2v) is 9.06. The van der Waals surface area contributed by atoms with Gasteiger partial charge in [0.15, 0.2) is 14.6 Å². The van der Waals surface area contributed by atoms with E-state index in [0.717, 1.165) is 32.3 Å². The first kappa shape index (κ1) is 18.7. The first-order valence-corrected chi connectivity index (χ1v) is 10.6. The van der Waals surface area contributed by atoms with Gasteiger partial charge in [0.1, 0.15) is 0 Å².